The number of aromatic nitrogens is 2. The van der Waals surface area contributed by atoms with E-state index in [2.05, 4.69) is 35.0 Å². The number of rotatable bonds is 2. The minimum Gasteiger partial charge on any atom is -0.382 e. The lowest BCUT2D eigenvalue weighted by Crippen LogP contribution is -2.51. The van der Waals surface area contributed by atoms with Gasteiger partial charge in [0.2, 0.25) is 0 Å². The van der Waals surface area contributed by atoms with Gasteiger partial charge in [-0.1, -0.05) is 6.92 Å². The number of morpholine rings is 1. The van der Waals surface area contributed by atoms with Crippen LogP contribution in [-0.2, 0) is 4.74 Å². The summed E-state index contributed by atoms with van der Waals surface area (Å²) in [6.45, 7) is 5.74. The Hall–Kier alpha value is -1.36. The van der Waals surface area contributed by atoms with E-state index in [1.165, 1.54) is 0 Å². The average Bonchev–Trinajstić information content (AvgIpc) is 2.30. The molecule has 1 aromatic rings. The third-order valence-corrected chi connectivity index (χ3v) is 2.88. The predicted octanol–water partition coefficient (Wildman–Crippen LogP) is 0.863. The van der Waals surface area contributed by atoms with Gasteiger partial charge < -0.3 is 15.4 Å². The molecule has 0 bridgehead atoms. The van der Waals surface area contributed by atoms with Crippen LogP contribution in [0.2, 0.25) is 0 Å². The summed E-state index contributed by atoms with van der Waals surface area (Å²) in [6, 6.07) is 5.35. The van der Waals surface area contributed by atoms with Crippen LogP contribution in [0.25, 0.3) is 0 Å². The zero-order valence-corrected chi connectivity index (χ0v) is 9.68. The van der Waals surface area contributed by atoms with Crippen LogP contribution >= 0.6 is 0 Å². The van der Waals surface area contributed by atoms with Gasteiger partial charge in [0.1, 0.15) is 0 Å². The van der Waals surface area contributed by atoms with Gasteiger partial charge >= 0.3 is 0 Å². The second kappa shape index (κ2) is 4.65. The molecule has 2 N–H and O–H groups in total. The molecule has 0 amide bonds. The number of ether oxygens (including phenoxy) is 1. The first kappa shape index (κ1) is 11.1. The summed E-state index contributed by atoms with van der Waals surface area (Å²) >= 11 is 0. The Morgan fingerprint density at radius 2 is 2.38 bits per heavy atom. The van der Waals surface area contributed by atoms with Crippen molar-refractivity contribution >= 4 is 11.6 Å². The second-order valence-electron chi connectivity index (χ2n) is 4.09. The van der Waals surface area contributed by atoms with E-state index in [-0.39, 0.29) is 0 Å². The van der Waals surface area contributed by atoms with E-state index in [0.29, 0.717) is 17.9 Å². The molecule has 2 heterocycles. The maximum atomic E-state index is 5.54. The zero-order chi connectivity index (χ0) is 11.5. The summed E-state index contributed by atoms with van der Waals surface area (Å²) in [4.78, 5) is 2.24. The Kier molecular flexibility index (Phi) is 3.24. The summed E-state index contributed by atoms with van der Waals surface area (Å²) in [6.07, 6.45) is 1.02. The van der Waals surface area contributed by atoms with Gasteiger partial charge in [-0.25, -0.2) is 0 Å². The fraction of sp³-hybridized carbons (Fsp3) is 0.636. The summed E-state index contributed by atoms with van der Waals surface area (Å²) < 4.78 is 5.54. The third-order valence-electron chi connectivity index (χ3n) is 2.88. The van der Waals surface area contributed by atoms with Crippen molar-refractivity contribution in [2.24, 2.45) is 0 Å². The molecule has 87 valence electrons. The Bertz CT molecular complexity index is 340. The number of anilines is 2. The predicted molar refractivity (Wildman–Crippen MR) is 62.1 cm³/mol. The van der Waals surface area contributed by atoms with Crippen molar-refractivity contribution in [1.29, 1.82) is 0 Å². The molecule has 0 spiro atoms. The van der Waals surface area contributed by atoms with Crippen LogP contribution in [0.4, 0.5) is 11.6 Å². The largest absolute Gasteiger partial charge is 0.382 e. The molecule has 1 aliphatic rings. The fourth-order valence-corrected chi connectivity index (χ4v) is 2.05. The highest BCUT2D eigenvalue weighted by Gasteiger charge is 2.28. The van der Waals surface area contributed by atoms with E-state index < -0.39 is 0 Å². The maximum absolute atomic E-state index is 5.54. The molecule has 1 fully saturated rings. The molecule has 1 aromatic heterocycles. The lowest BCUT2D eigenvalue weighted by atomic mass is 10.1. The molecule has 1 radical (unpaired) electrons. The first-order chi connectivity index (χ1) is 7.72. The Morgan fingerprint density at radius 3 is 3.00 bits per heavy atom. The molecule has 2 atom stereocenters. The van der Waals surface area contributed by atoms with Gasteiger partial charge in [0.05, 0.1) is 25.3 Å². The Morgan fingerprint density at radius 1 is 1.56 bits per heavy atom. The fourth-order valence-electron chi connectivity index (χ4n) is 2.05. The molecule has 2 unspecified atom stereocenters. The van der Waals surface area contributed by atoms with Crippen molar-refractivity contribution < 1.29 is 4.74 Å². The van der Waals surface area contributed by atoms with Crippen molar-refractivity contribution in [3.05, 3.63) is 12.1 Å². The molecule has 16 heavy (non-hydrogen) atoms. The van der Waals surface area contributed by atoms with Gasteiger partial charge in [-0.3, -0.25) is 0 Å². The molecule has 2 rings (SSSR count). The number of nitrogens with zero attached hydrogens (tertiary/aromatic N) is 3. The molecule has 5 nitrogen and oxygen atoms in total. The SMILES string of the molecule is CCC1COCC(C)N1c1c[c]c(N)nn1. The molecule has 0 saturated carbocycles. The highest BCUT2D eigenvalue weighted by Crippen LogP contribution is 2.22. The van der Waals surface area contributed by atoms with Gasteiger partial charge in [0.15, 0.2) is 11.6 Å². The van der Waals surface area contributed by atoms with Gasteiger partial charge in [0.25, 0.3) is 0 Å². The van der Waals surface area contributed by atoms with Crippen LogP contribution in [0.5, 0.6) is 0 Å². The lowest BCUT2D eigenvalue weighted by Gasteiger charge is -2.40. The first-order valence-corrected chi connectivity index (χ1v) is 5.59. The molecule has 1 aliphatic heterocycles. The highest BCUT2D eigenvalue weighted by molar-refractivity contribution is 5.43. The minimum atomic E-state index is 0.310. The Labute approximate surface area is 95.6 Å². The van der Waals surface area contributed by atoms with E-state index in [4.69, 9.17) is 10.5 Å². The van der Waals surface area contributed by atoms with Crippen molar-refractivity contribution in [1.82, 2.24) is 10.2 Å². The molecule has 5 heteroatoms. The van der Waals surface area contributed by atoms with Gasteiger partial charge in [0, 0.05) is 6.07 Å². The lowest BCUT2D eigenvalue weighted by molar-refractivity contribution is 0.0694. The van der Waals surface area contributed by atoms with Crippen molar-refractivity contribution in [2.45, 2.75) is 32.4 Å². The molecule has 1 saturated heterocycles. The first-order valence-electron chi connectivity index (χ1n) is 5.59. The molecular weight excluding hydrogens is 204 g/mol. The second-order valence-corrected chi connectivity index (χ2v) is 4.09. The zero-order valence-electron chi connectivity index (χ0n) is 9.68. The Balaban J connectivity index is 2.24. The summed E-state index contributed by atoms with van der Waals surface area (Å²) in [5.41, 5.74) is 5.49. The maximum Gasteiger partial charge on any atom is 0.154 e. The third kappa shape index (κ3) is 2.09. The van der Waals surface area contributed by atoms with Crippen LogP contribution in [0.1, 0.15) is 20.3 Å². The van der Waals surface area contributed by atoms with Crippen LogP contribution in [-0.4, -0.2) is 35.5 Å². The van der Waals surface area contributed by atoms with Crippen molar-refractivity contribution in [3.63, 3.8) is 0 Å². The number of nitrogens with two attached hydrogens (primary N) is 1. The summed E-state index contributed by atoms with van der Waals surface area (Å²) in [7, 11) is 0. The van der Waals surface area contributed by atoms with Gasteiger partial charge in [-0.05, 0) is 19.4 Å². The normalized spacial score (nSPS) is 25.8. The van der Waals surface area contributed by atoms with Crippen LogP contribution in [0.3, 0.4) is 0 Å². The molecule has 0 aliphatic carbocycles. The van der Waals surface area contributed by atoms with Gasteiger partial charge in [-0.15, -0.1) is 10.2 Å². The van der Waals surface area contributed by atoms with E-state index in [1.807, 2.05) is 0 Å². The van der Waals surface area contributed by atoms with Gasteiger partial charge in [-0.2, -0.15) is 0 Å². The summed E-state index contributed by atoms with van der Waals surface area (Å²) in [5.74, 6) is 1.16. The minimum absolute atomic E-state index is 0.310. The van der Waals surface area contributed by atoms with Crippen molar-refractivity contribution in [2.75, 3.05) is 23.8 Å². The van der Waals surface area contributed by atoms with Crippen LogP contribution < -0.4 is 10.6 Å². The van der Waals surface area contributed by atoms with E-state index >= 15 is 0 Å². The quantitative estimate of drug-likeness (QED) is 0.802. The smallest absolute Gasteiger partial charge is 0.154 e. The topological polar surface area (TPSA) is 64.3 Å². The highest BCUT2D eigenvalue weighted by atomic mass is 16.5. The van der Waals surface area contributed by atoms with E-state index in [1.54, 1.807) is 6.07 Å². The monoisotopic (exact) mass is 221 g/mol. The van der Waals surface area contributed by atoms with E-state index in [0.717, 1.165) is 25.5 Å². The molecular formula is C11H17N4O. The number of nitrogen functional groups attached to an aromatic ring is 1. The van der Waals surface area contributed by atoms with Crippen LogP contribution in [0.15, 0.2) is 6.07 Å². The van der Waals surface area contributed by atoms with Crippen molar-refractivity contribution in [3.8, 4) is 0 Å². The van der Waals surface area contributed by atoms with E-state index in [9.17, 15) is 0 Å². The average molecular weight is 221 g/mol. The summed E-state index contributed by atoms with van der Waals surface area (Å²) in [5, 5.41) is 7.96. The standard InChI is InChI=1S/C11H17N4O/c1-3-9-7-16-6-8(2)15(9)11-5-4-10(12)13-14-11/h5,8-9H,3,6-7H2,1-2H3,(H2,12,13). The number of hydrogen-bond acceptors (Lipinski definition) is 5. The van der Waals surface area contributed by atoms with Crippen LogP contribution in [0, 0.1) is 6.07 Å². The molecule has 0 aromatic carbocycles. The number of hydrogen-bond donors (Lipinski definition) is 1.